The molecule has 0 bridgehead atoms. The topological polar surface area (TPSA) is 67.4 Å². The van der Waals surface area contributed by atoms with E-state index < -0.39 is 0 Å². The summed E-state index contributed by atoms with van der Waals surface area (Å²) in [5.74, 6) is 0.0430. The zero-order valence-corrected chi connectivity index (χ0v) is 14.7. The van der Waals surface area contributed by atoms with Crippen LogP contribution in [-0.2, 0) is 16.0 Å². The summed E-state index contributed by atoms with van der Waals surface area (Å²) in [7, 11) is 0. The van der Waals surface area contributed by atoms with Gasteiger partial charge in [0.2, 0.25) is 5.91 Å². The third-order valence-electron chi connectivity index (χ3n) is 3.60. The first-order chi connectivity index (χ1) is 11.5. The molecular weight excluding hydrogens is 324 g/mol. The van der Waals surface area contributed by atoms with E-state index in [1.807, 2.05) is 43.5 Å². The number of rotatable bonds is 7. The third-order valence-corrected chi connectivity index (χ3v) is 4.53. The first-order valence-corrected chi connectivity index (χ1v) is 8.72. The maximum Gasteiger partial charge on any atom is 0.276 e. The lowest BCUT2D eigenvalue weighted by Gasteiger charge is -2.10. The lowest BCUT2D eigenvalue weighted by Crippen LogP contribution is -2.43. The summed E-state index contributed by atoms with van der Waals surface area (Å²) in [4.78, 5) is 24.6. The van der Waals surface area contributed by atoms with Crippen molar-refractivity contribution in [2.45, 2.75) is 33.1 Å². The van der Waals surface area contributed by atoms with Crippen LogP contribution in [0.4, 0.5) is 0 Å². The Hall–Kier alpha value is -2.34. The Labute approximate surface area is 146 Å². The zero-order chi connectivity index (χ0) is 17.4. The molecule has 0 unspecified atom stereocenters. The molecule has 2 amide bonds. The second-order valence-electron chi connectivity index (χ2n) is 5.56. The van der Waals surface area contributed by atoms with E-state index in [0.29, 0.717) is 12.2 Å². The first-order valence-electron chi connectivity index (χ1n) is 7.84. The Morgan fingerprint density at radius 3 is 2.58 bits per heavy atom. The van der Waals surface area contributed by atoms with Crippen molar-refractivity contribution in [1.29, 1.82) is 0 Å². The summed E-state index contributed by atoms with van der Waals surface area (Å²) in [6.07, 6.45) is 1.99. The van der Waals surface area contributed by atoms with Gasteiger partial charge in [-0.05, 0) is 61.4 Å². The Morgan fingerprint density at radius 2 is 1.88 bits per heavy atom. The maximum atomic E-state index is 11.7. The highest BCUT2D eigenvalue weighted by Gasteiger charge is 2.06. The number of carbonyl (C=O) groups excluding carboxylic acids is 2. The van der Waals surface area contributed by atoms with Crippen molar-refractivity contribution in [3.05, 3.63) is 51.7 Å². The molecular formula is C18H22N2O3S. The lowest BCUT2D eigenvalue weighted by atomic mass is 10.1. The summed E-state index contributed by atoms with van der Waals surface area (Å²) in [5, 5.41) is 2.02. The Morgan fingerprint density at radius 1 is 1.08 bits per heavy atom. The minimum Gasteiger partial charge on any atom is -0.484 e. The van der Waals surface area contributed by atoms with Gasteiger partial charge in [0.05, 0.1) is 0 Å². The van der Waals surface area contributed by atoms with E-state index in [4.69, 9.17) is 4.74 Å². The number of carbonyl (C=O) groups is 2. The molecule has 24 heavy (non-hydrogen) atoms. The van der Waals surface area contributed by atoms with Crippen LogP contribution in [0, 0.1) is 13.8 Å². The maximum absolute atomic E-state index is 11.7. The molecule has 2 aromatic rings. The van der Waals surface area contributed by atoms with E-state index in [0.717, 1.165) is 18.4 Å². The molecule has 0 saturated carbocycles. The number of aryl methyl sites for hydroxylation is 3. The van der Waals surface area contributed by atoms with Gasteiger partial charge in [-0.3, -0.25) is 20.4 Å². The van der Waals surface area contributed by atoms with E-state index in [1.165, 1.54) is 10.4 Å². The van der Waals surface area contributed by atoms with Crippen LogP contribution in [-0.4, -0.2) is 18.4 Å². The SMILES string of the molecule is Cc1ccc(OCC(=O)NNC(=O)CCCc2cccs2)cc1C. The van der Waals surface area contributed by atoms with Gasteiger partial charge in [-0.25, -0.2) is 0 Å². The van der Waals surface area contributed by atoms with Gasteiger partial charge in [0.15, 0.2) is 6.61 Å². The highest BCUT2D eigenvalue weighted by Crippen LogP contribution is 2.16. The predicted molar refractivity (Wildman–Crippen MR) is 95.0 cm³/mol. The van der Waals surface area contributed by atoms with Gasteiger partial charge in [-0.1, -0.05) is 12.1 Å². The number of hydrogen-bond donors (Lipinski definition) is 2. The van der Waals surface area contributed by atoms with E-state index in [9.17, 15) is 9.59 Å². The van der Waals surface area contributed by atoms with Crippen molar-refractivity contribution < 1.29 is 14.3 Å². The number of hydrogen-bond acceptors (Lipinski definition) is 4. The van der Waals surface area contributed by atoms with Crippen LogP contribution in [0.15, 0.2) is 35.7 Å². The van der Waals surface area contributed by atoms with Gasteiger partial charge in [0.1, 0.15) is 5.75 Å². The van der Waals surface area contributed by atoms with Crippen LogP contribution in [0.5, 0.6) is 5.75 Å². The summed E-state index contributed by atoms with van der Waals surface area (Å²) < 4.78 is 5.40. The van der Waals surface area contributed by atoms with Gasteiger partial charge >= 0.3 is 0 Å². The molecule has 0 fully saturated rings. The molecule has 0 aliphatic carbocycles. The molecule has 1 heterocycles. The van der Waals surface area contributed by atoms with Crippen LogP contribution in [0.25, 0.3) is 0 Å². The van der Waals surface area contributed by atoms with E-state index in [-0.39, 0.29) is 18.4 Å². The van der Waals surface area contributed by atoms with Crippen LogP contribution >= 0.6 is 11.3 Å². The van der Waals surface area contributed by atoms with E-state index in [2.05, 4.69) is 16.9 Å². The summed E-state index contributed by atoms with van der Waals surface area (Å²) in [5.41, 5.74) is 7.04. The molecule has 0 aliphatic heterocycles. The second-order valence-corrected chi connectivity index (χ2v) is 6.60. The number of ether oxygens (including phenoxy) is 1. The smallest absolute Gasteiger partial charge is 0.276 e. The van der Waals surface area contributed by atoms with Gasteiger partial charge in [-0.15, -0.1) is 11.3 Å². The summed E-state index contributed by atoms with van der Waals surface area (Å²) >= 11 is 1.68. The molecule has 5 nitrogen and oxygen atoms in total. The molecule has 0 atom stereocenters. The number of thiophene rings is 1. The average molecular weight is 346 g/mol. The van der Waals surface area contributed by atoms with Gasteiger partial charge in [0.25, 0.3) is 5.91 Å². The Kier molecular flexibility index (Phi) is 6.81. The van der Waals surface area contributed by atoms with Crippen LogP contribution < -0.4 is 15.6 Å². The Bertz CT molecular complexity index is 684. The van der Waals surface area contributed by atoms with Crippen molar-refractivity contribution in [1.82, 2.24) is 10.9 Å². The number of nitrogens with one attached hydrogen (secondary N) is 2. The fraction of sp³-hybridized carbons (Fsp3) is 0.333. The fourth-order valence-electron chi connectivity index (χ4n) is 2.07. The zero-order valence-electron chi connectivity index (χ0n) is 13.9. The van der Waals surface area contributed by atoms with Crippen molar-refractivity contribution >= 4 is 23.2 Å². The lowest BCUT2D eigenvalue weighted by molar-refractivity contribution is -0.130. The molecule has 0 spiro atoms. The first kappa shape index (κ1) is 18.0. The second kappa shape index (κ2) is 9.08. The molecule has 2 N–H and O–H groups in total. The quantitative estimate of drug-likeness (QED) is 0.758. The average Bonchev–Trinajstić information content (AvgIpc) is 3.07. The van der Waals surface area contributed by atoms with Crippen LogP contribution in [0.1, 0.15) is 28.8 Å². The largest absolute Gasteiger partial charge is 0.484 e. The highest BCUT2D eigenvalue weighted by atomic mass is 32.1. The molecule has 1 aromatic heterocycles. The van der Waals surface area contributed by atoms with Crippen molar-refractivity contribution in [2.75, 3.05) is 6.61 Å². The molecule has 2 rings (SSSR count). The van der Waals surface area contributed by atoms with Gasteiger partial charge < -0.3 is 4.74 Å². The predicted octanol–water partition coefficient (Wildman–Crippen LogP) is 2.91. The molecule has 6 heteroatoms. The van der Waals surface area contributed by atoms with Crippen molar-refractivity contribution in [3.8, 4) is 5.75 Å². The third kappa shape index (κ3) is 6.04. The van der Waals surface area contributed by atoms with Crippen molar-refractivity contribution in [3.63, 3.8) is 0 Å². The van der Waals surface area contributed by atoms with E-state index in [1.54, 1.807) is 11.3 Å². The van der Waals surface area contributed by atoms with Gasteiger partial charge in [-0.2, -0.15) is 0 Å². The molecule has 1 aromatic carbocycles. The van der Waals surface area contributed by atoms with E-state index >= 15 is 0 Å². The minimum absolute atomic E-state index is 0.141. The van der Waals surface area contributed by atoms with Crippen molar-refractivity contribution in [2.24, 2.45) is 0 Å². The number of amides is 2. The van der Waals surface area contributed by atoms with Crippen LogP contribution in [0.3, 0.4) is 0 Å². The number of benzene rings is 1. The number of hydrazine groups is 1. The highest BCUT2D eigenvalue weighted by molar-refractivity contribution is 7.09. The summed E-state index contributed by atoms with van der Waals surface area (Å²) in [6, 6.07) is 9.69. The molecule has 0 radical (unpaired) electrons. The Balaban J connectivity index is 1.61. The minimum atomic E-state index is -0.389. The fourth-order valence-corrected chi connectivity index (χ4v) is 2.82. The standard InChI is InChI=1S/C18H22N2O3S/c1-13-8-9-15(11-14(13)2)23-12-18(22)20-19-17(21)7-3-5-16-6-4-10-24-16/h4,6,8-11H,3,5,7,12H2,1-2H3,(H,19,21)(H,20,22). The molecule has 128 valence electrons. The summed E-state index contributed by atoms with van der Waals surface area (Å²) in [6.45, 7) is 3.86. The van der Waals surface area contributed by atoms with Gasteiger partial charge in [0, 0.05) is 11.3 Å². The molecule has 0 saturated heterocycles. The monoisotopic (exact) mass is 346 g/mol. The van der Waals surface area contributed by atoms with Crippen LogP contribution in [0.2, 0.25) is 0 Å². The normalized spacial score (nSPS) is 10.2. The molecule has 0 aliphatic rings.